The van der Waals surface area contributed by atoms with E-state index in [-0.39, 0.29) is 11.1 Å². The molecular formula is C27H24Cl2FN3O. The molecule has 3 heterocycles. The van der Waals surface area contributed by atoms with Crippen molar-refractivity contribution in [2.45, 2.75) is 31.0 Å². The first-order valence-electron chi connectivity index (χ1n) is 11.3. The summed E-state index contributed by atoms with van der Waals surface area (Å²) >= 11 is 12.1. The largest absolute Gasteiger partial charge is 0.349 e. The molecule has 1 saturated heterocycles. The Bertz CT molecular complexity index is 1230. The number of alkyl halides is 1. The predicted octanol–water partition coefficient (Wildman–Crippen LogP) is 6.43. The van der Waals surface area contributed by atoms with E-state index in [1.807, 2.05) is 60.8 Å². The Morgan fingerprint density at radius 3 is 2.68 bits per heavy atom. The third-order valence-electron chi connectivity index (χ3n) is 6.79. The number of pyridine rings is 1. The fraction of sp³-hybridized carbons (Fsp3) is 0.259. The van der Waals surface area contributed by atoms with E-state index in [0.29, 0.717) is 36.5 Å². The van der Waals surface area contributed by atoms with Gasteiger partial charge in [0.2, 0.25) is 0 Å². The Kier molecular flexibility index (Phi) is 6.32. The number of benzene rings is 2. The van der Waals surface area contributed by atoms with E-state index < -0.39 is 11.7 Å². The van der Waals surface area contributed by atoms with Gasteiger partial charge in [0, 0.05) is 41.8 Å². The van der Waals surface area contributed by atoms with Crippen LogP contribution in [0.2, 0.25) is 10.2 Å². The molecule has 34 heavy (non-hydrogen) atoms. The van der Waals surface area contributed by atoms with Crippen LogP contribution in [-0.4, -0.2) is 35.2 Å². The standard InChI is InChI=1S/C27H24Cl2FN3O/c28-20-11-9-19(10-12-20)5-4-15-32-16-13-27(17-24(32)30)18-33(23-8-2-1-7-22(23)27)26(34)21-6-3-14-31-25(21)29/h1-4,6-12,14-15,24H,5,13,16-18H2/b15-4+. The van der Waals surface area contributed by atoms with Crippen molar-refractivity contribution < 1.29 is 9.18 Å². The fourth-order valence-corrected chi connectivity index (χ4v) is 5.35. The molecule has 3 aromatic rings. The molecule has 2 unspecified atom stereocenters. The molecule has 2 aliphatic heterocycles. The highest BCUT2D eigenvalue weighted by Crippen LogP contribution is 2.49. The van der Waals surface area contributed by atoms with E-state index >= 15 is 4.39 Å². The van der Waals surface area contributed by atoms with Crippen molar-refractivity contribution in [3.8, 4) is 0 Å². The molecule has 0 bridgehead atoms. The van der Waals surface area contributed by atoms with Crippen LogP contribution in [0.1, 0.15) is 34.3 Å². The van der Waals surface area contributed by atoms with E-state index in [1.165, 1.54) is 0 Å². The molecule has 2 aromatic carbocycles. The smallest absolute Gasteiger partial charge is 0.261 e. The molecule has 4 nitrogen and oxygen atoms in total. The van der Waals surface area contributed by atoms with Crippen LogP contribution >= 0.6 is 23.2 Å². The van der Waals surface area contributed by atoms with Crippen molar-refractivity contribution in [3.63, 3.8) is 0 Å². The summed E-state index contributed by atoms with van der Waals surface area (Å²) < 4.78 is 15.5. The number of nitrogens with zero attached hydrogens (tertiary/aromatic N) is 3. The zero-order valence-electron chi connectivity index (χ0n) is 18.5. The number of hydrogen-bond donors (Lipinski definition) is 0. The number of allylic oxidation sites excluding steroid dienone is 1. The van der Waals surface area contributed by atoms with E-state index in [4.69, 9.17) is 23.2 Å². The molecule has 1 fully saturated rings. The first-order chi connectivity index (χ1) is 16.5. The Balaban J connectivity index is 1.33. The quantitative estimate of drug-likeness (QED) is 0.308. The number of para-hydroxylation sites is 1. The van der Waals surface area contributed by atoms with Gasteiger partial charge in [0.15, 0.2) is 6.30 Å². The minimum atomic E-state index is -1.14. The van der Waals surface area contributed by atoms with Gasteiger partial charge in [-0.15, -0.1) is 0 Å². The van der Waals surface area contributed by atoms with Crippen LogP contribution in [0.4, 0.5) is 10.1 Å². The van der Waals surface area contributed by atoms with Gasteiger partial charge in [0.05, 0.1) is 5.56 Å². The number of halogens is 3. The molecule has 0 N–H and O–H groups in total. The molecule has 174 valence electrons. The molecule has 7 heteroatoms. The van der Waals surface area contributed by atoms with Crippen molar-refractivity contribution >= 4 is 34.8 Å². The summed E-state index contributed by atoms with van der Waals surface area (Å²) in [6.45, 7) is 1.00. The highest BCUT2D eigenvalue weighted by molar-refractivity contribution is 6.33. The summed E-state index contributed by atoms with van der Waals surface area (Å²) in [7, 11) is 0. The number of anilines is 1. The summed E-state index contributed by atoms with van der Waals surface area (Å²) in [6, 6.07) is 18.8. The van der Waals surface area contributed by atoms with Crippen molar-refractivity contribution in [1.82, 2.24) is 9.88 Å². The van der Waals surface area contributed by atoms with Gasteiger partial charge in [-0.05, 0) is 60.5 Å². The second-order valence-electron chi connectivity index (χ2n) is 8.87. The third kappa shape index (κ3) is 4.30. The van der Waals surface area contributed by atoms with Gasteiger partial charge in [-0.1, -0.05) is 59.6 Å². The minimum Gasteiger partial charge on any atom is -0.349 e. The topological polar surface area (TPSA) is 36.4 Å². The molecule has 1 amide bonds. The maximum Gasteiger partial charge on any atom is 0.261 e. The van der Waals surface area contributed by atoms with Crippen molar-refractivity contribution in [1.29, 1.82) is 0 Å². The number of aromatic nitrogens is 1. The van der Waals surface area contributed by atoms with Gasteiger partial charge in [-0.25, -0.2) is 9.37 Å². The lowest BCUT2D eigenvalue weighted by molar-refractivity contribution is 0.0484. The average Bonchev–Trinajstić information content (AvgIpc) is 3.15. The van der Waals surface area contributed by atoms with Gasteiger partial charge < -0.3 is 9.80 Å². The fourth-order valence-electron chi connectivity index (χ4n) is 5.03. The van der Waals surface area contributed by atoms with Crippen LogP contribution in [0.25, 0.3) is 0 Å². The number of piperidine rings is 1. The summed E-state index contributed by atoms with van der Waals surface area (Å²) in [6.07, 6.45) is 6.04. The molecular weight excluding hydrogens is 472 g/mol. The zero-order valence-corrected chi connectivity index (χ0v) is 20.0. The van der Waals surface area contributed by atoms with E-state index in [9.17, 15) is 4.79 Å². The lowest BCUT2D eigenvalue weighted by Gasteiger charge is -2.41. The number of rotatable bonds is 4. The number of fused-ring (bicyclic) bond motifs is 2. The first kappa shape index (κ1) is 22.9. The van der Waals surface area contributed by atoms with Crippen LogP contribution in [0.3, 0.4) is 0 Å². The Morgan fingerprint density at radius 1 is 1.12 bits per heavy atom. The van der Waals surface area contributed by atoms with Crippen molar-refractivity contribution in [2.75, 3.05) is 18.0 Å². The zero-order chi connectivity index (χ0) is 23.7. The highest BCUT2D eigenvalue weighted by Gasteiger charge is 2.49. The molecule has 0 aliphatic carbocycles. The van der Waals surface area contributed by atoms with Crippen LogP contribution in [0, 0.1) is 0 Å². The summed E-state index contributed by atoms with van der Waals surface area (Å²) in [4.78, 5) is 20.9. The Labute approximate surface area is 208 Å². The molecule has 5 rings (SSSR count). The number of carbonyl (C=O) groups excluding carboxylic acids is 1. The third-order valence-corrected chi connectivity index (χ3v) is 7.35. The molecule has 2 aliphatic rings. The van der Waals surface area contributed by atoms with Crippen LogP contribution < -0.4 is 4.90 Å². The monoisotopic (exact) mass is 495 g/mol. The van der Waals surface area contributed by atoms with Crippen LogP contribution in [0.15, 0.2) is 79.1 Å². The van der Waals surface area contributed by atoms with Gasteiger partial charge in [0.25, 0.3) is 5.91 Å². The highest BCUT2D eigenvalue weighted by atomic mass is 35.5. The number of hydrogen-bond acceptors (Lipinski definition) is 3. The van der Waals surface area contributed by atoms with Crippen molar-refractivity contribution in [3.05, 3.63) is 106 Å². The van der Waals surface area contributed by atoms with Crippen LogP contribution in [-0.2, 0) is 11.8 Å². The van der Waals surface area contributed by atoms with E-state index in [2.05, 4.69) is 4.98 Å². The molecule has 0 radical (unpaired) electrons. The normalized spacial score (nSPS) is 21.9. The molecule has 1 spiro atoms. The molecule has 0 saturated carbocycles. The number of likely N-dealkylation sites (tertiary alicyclic amines) is 1. The predicted molar refractivity (Wildman–Crippen MR) is 134 cm³/mol. The second-order valence-corrected chi connectivity index (χ2v) is 9.67. The van der Waals surface area contributed by atoms with E-state index in [0.717, 1.165) is 23.2 Å². The SMILES string of the molecule is O=C(c1cccnc1Cl)N1CC2(CCN(/C=C/Cc3ccc(Cl)cc3)C(F)C2)c2ccccc21. The second kappa shape index (κ2) is 9.40. The van der Waals surface area contributed by atoms with Crippen molar-refractivity contribution in [2.24, 2.45) is 0 Å². The number of carbonyl (C=O) groups is 1. The van der Waals surface area contributed by atoms with E-state index in [1.54, 1.807) is 28.1 Å². The molecule has 2 atom stereocenters. The Morgan fingerprint density at radius 2 is 1.91 bits per heavy atom. The van der Waals surface area contributed by atoms with Gasteiger partial charge >= 0.3 is 0 Å². The number of amides is 1. The summed E-state index contributed by atoms with van der Waals surface area (Å²) in [5, 5.41) is 0.878. The maximum absolute atomic E-state index is 15.5. The molecule has 1 aromatic heterocycles. The lowest BCUT2D eigenvalue weighted by atomic mass is 9.74. The summed E-state index contributed by atoms with van der Waals surface area (Å²) in [5.74, 6) is -0.205. The van der Waals surface area contributed by atoms with Gasteiger partial charge in [0.1, 0.15) is 5.15 Å². The minimum absolute atomic E-state index is 0.176. The maximum atomic E-state index is 15.5. The van der Waals surface area contributed by atoms with Gasteiger partial charge in [-0.3, -0.25) is 4.79 Å². The first-order valence-corrected chi connectivity index (χ1v) is 12.1. The summed E-state index contributed by atoms with van der Waals surface area (Å²) in [5.41, 5.74) is 2.90. The van der Waals surface area contributed by atoms with Crippen LogP contribution in [0.5, 0.6) is 0 Å². The Hall–Kier alpha value is -2.89. The van der Waals surface area contributed by atoms with Gasteiger partial charge in [-0.2, -0.15) is 0 Å². The average molecular weight is 496 g/mol. The lowest BCUT2D eigenvalue weighted by Crippen LogP contribution is -2.48.